The molecule has 6 nitrogen and oxygen atoms in total. The average molecular weight is 758 g/mol. The molecule has 2 atom stereocenters. The Morgan fingerprint density at radius 2 is 0.944 bits per heavy atom. The van der Waals surface area contributed by atoms with Gasteiger partial charge in [-0.25, -0.2) is 0 Å². The molecule has 0 bridgehead atoms. The van der Waals surface area contributed by atoms with E-state index < -0.39 is 12.1 Å². The van der Waals surface area contributed by atoms with E-state index in [1.165, 1.54) is 135 Å². The van der Waals surface area contributed by atoms with E-state index in [0.29, 0.717) is 25.9 Å². The Morgan fingerprint density at radius 3 is 1.46 bits per heavy atom. The van der Waals surface area contributed by atoms with Gasteiger partial charge >= 0.3 is 5.97 Å². The number of ether oxygens (including phenoxy) is 1. The third-order valence-corrected chi connectivity index (χ3v) is 10.1. The number of hydrogen-bond acceptors (Lipinski definition) is 5. The Kier molecular flexibility index (Phi) is 41.8. The second-order valence-electron chi connectivity index (χ2n) is 15.4. The van der Waals surface area contributed by atoms with E-state index in [-0.39, 0.29) is 18.5 Å². The molecule has 0 aliphatic rings. The summed E-state index contributed by atoms with van der Waals surface area (Å²) in [5.41, 5.74) is 0. The molecule has 0 saturated carbocycles. The van der Waals surface area contributed by atoms with Crippen molar-refractivity contribution in [1.82, 2.24) is 5.32 Å². The number of esters is 1. The first kappa shape index (κ1) is 51.8. The van der Waals surface area contributed by atoms with Gasteiger partial charge in [0.15, 0.2) is 0 Å². The van der Waals surface area contributed by atoms with E-state index in [0.717, 1.165) is 51.4 Å². The third-order valence-electron chi connectivity index (χ3n) is 10.1. The highest BCUT2D eigenvalue weighted by Crippen LogP contribution is 2.12. The summed E-state index contributed by atoms with van der Waals surface area (Å²) in [5, 5.41) is 22.8. The predicted octanol–water partition coefficient (Wildman–Crippen LogP) is 13.1. The minimum Gasteiger partial charge on any atom is -0.466 e. The number of rotatable bonds is 41. The van der Waals surface area contributed by atoms with Gasteiger partial charge in [0.05, 0.1) is 25.4 Å². The molecule has 0 aliphatic heterocycles. The number of unbranched alkanes of at least 4 members (excludes halogenated alkanes) is 24. The van der Waals surface area contributed by atoms with Crippen molar-refractivity contribution in [2.24, 2.45) is 0 Å². The van der Waals surface area contributed by atoms with Gasteiger partial charge in [-0.2, -0.15) is 0 Å². The monoisotopic (exact) mass is 758 g/mol. The Morgan fingerprint density at radius 1 is 0.519 bits per heavy atom. The van der Waals surface area contributed by atoms with E-state index in [1.54, 1.807) is 6.08 Å². The van der Waals surface area contributed by atoms with Crippen molar-refractivity contribution < 1.29 is 24.5 Å². The number of aliphatic hydroxyl groups excluding tert-OH is 2. The zero-order chi connectivity index (χ0) is 39.4. The lowest BCUT2D eigenvalue weighted by molar-refractivity contribution is -0.143. The normalized spacial score (nSPS) is 13.2. The molecular formula is C48H87NO5. The quantitative estimate of drug-likeness (QED) is 0.0328. The standard InChI is InChI=1S/C48H87NO5/c1-3-5-7-9-11-13-14-15-16-19-22-26-30-34-38-42-48(53)54-43-39-35-31-27-23-20-17-18-21-25-29-33-37-41-47(52)49-45(44-50)46(51)40-36-32-28-24-12-10-8-6-4-2/h15-16,18,21,29,33,36,40,45-46,50-51H,3-14,17,19-20,22-28,30-32,34-35,37-39,41-44H2,1-2H3,(H,49,52)/b16-15-,21-18-,33-29-,40-36+. The van der Waals surface area contributed by atoms with Crippen LogP contribution in [0.1, 0.15) is 219 Å². The second-order valence-corrected chi connectivity index (χ2v) is 15.4. The Balaban J connectivity index is 3.58. The first-order valence-corrected chi connectivity index (χ1v) is 22.9. The van der Waals surface area contributed by atoms with E-state index in [2.05, 4.69) is 49.5 Å². The zero-order valence-corrected chi connectivity index (χ0v) is 35.4. The van der Waals surface area contributed by atoms with E-state index in [1.807, 2.05) is 12.2 Å². The van der Waals surface area contributed by atoms with Crippen molar-refractivity contribution in [1.29, 1.82) is 0 Å². The molecule has 0 aromatic heterocycles. The van der Waals surface area contributed by atoms with Gasteiger partial charge in [-0.3, -0.25) is 9.59 Å². The highest BCUT2D eigenvalue weighted by atomic mass is 16.5. The van der Waals surface area contributed by atoms with Crippen LogP contribution in [0, 0.1) is 0 Å². The van der Waals surface area contributed by atoms with Gasteiger partial charge in [0.2, 0.25) is 5.91 Å². The van der Waals surface area contributed by atoms with Crippen LogP contribution in [-0.2, 0) is 14.3 Å². The third kappa shape index (κ3) is 39.5. The van der Waals surface area contributed by atoms with Crippen LogP contribution in [-0.4, -0.2) is 47.4 Å². The first-order valence-electron chi connectivity index (χ1n) is 22.9. The fraction of sp³-hybridized carbons (Fsp3) is 0.792. The molecule has 0 heterocycles. The van der Waals surface area contributed by atoms with Crippen LogP contribution in [0.3, 0.4) is 0 Å². The van der Waals surface area contributed by atoms with Gasteiger partial charge in [0.25, 0.3) is 0 Å². The molecule has 0 aliphatic carbocycles. The van der Waals surface area contributed by atoms with Crippen molar-refractivity contribution in [3.63, 3.8) is 0 Å². The van der Waals surface area contributed by atoms with Crippen LogP contribution >= 0.6 is 0 Å². The SMILES string of the molecule is CCCCCCCC/C=C\CCCCCCCC(=O)OCCCCCCCC/C=C\C/C=C\CCC(=O)NC(CO)C(O)/C=C/CCCCCCCCC. The molecule has 0 radical (unpaired) electrons. The number of aliphatic hydroxyl groups is 2. The zero-order valence-electron chi connectivity index (χ0n) is 35.4. The molecule has 0 saturated heterocycles. The molecule has 6 heteroatoms. The van der Waals surface area contributed by atoms with Gasteiger partial charge in [-0.05, 0) is 77.0 Å². The highest BCUT2D eigenvalue weighted by Gasteiger charge is 2.17. The lowest BCUT2D eigenvalue weighted by Gasteiger charge is -2.19. The Bertz CT molecular complexity index is 926. The number of carbonyl (C=O) groups is 2. The summed E-state index contributed by atoms with van der Waals surface area (Å²) in [5.74, 6) is -0.182. The highest BCUT2D eigenvalue weighted by molar-refractivity contribution is 5.76. The summed E-state index contributed by atoms with van der Waals surface area (Å²) in [6, 6.07) is -0.670. The number of nitrogens with one attached hydrogen (secondary N) is 1. The largest absolute Gasteiger partial charge is 0.466 e. The molecule has 0 rings (SSSR count). The Labute approximate surface area is 334 Å². The van der Waals surface area contributed by atoms with Crippen molar-refractivity contribution in [2.75, 3.05) is 13.2 Å². The molecule has 0 fully saturated rings. The maximum atomic E-state index is 12.3. The Hall–Kier alpha value is -2.18. The van der Waals surface area contributed by atoms with Crippen molar-refractivity contribution in [3.05, 3.63) is 48.6 Å². The van der Waals surface area contributed by atoms with Crippen LogP contribution < -0.4 is 5.32 Å². The number of carbonyl (C=O) groups excluding carboxylic acids is 2. The summed E-state index contributed by atoms with van der Waals surface area (Å²) in [6.45, 7) is 4.77. The molecule has 0 aromatic carbocycles. The van der Waals surface area contributed by atoms with Gasteiger partial charge in [-0.15, -0.1) is 0 Å². The fourth-order valence-electron chi connectivity index (χ4n) is 6.50. The first-order chi connectivity index (χ1) is 26.5. The van der Waals surface area contributed by atoms with Gasteiger partial charge in [0, 0.05) is 12.8 Å². The summed E-state index contributed by atoms with van der Waals surface area (Å²) >= 11 is 0. The summed E-state index contributed by atoms with van der Waals surface area (Å²) < 4.78 is 5.44. The van der Waals surface area contributed by atoms with Crippen molar-refractivity contribution in [3.8, 4) is 0 Å². The average Bonchev–Trinajstić information content (AvgIpc) is 3.17. The molecule has 3 N–H and O–H groups in total. The maximum absolute atomic E-state index is 12.3. The van der Waals surface area contributed by atoms with Crippen molar-refractivity contribution in [2.45, 2.75) is 231 Å². The molecular weight excluding hydrogens is 671 g/mol. The lowest BCUT2D eigenvalue weighted by atomic mass is 10.1. The van der Waals surface area contributed by atoms with Crippen LogP contribution in [0.2, 0.25) is 0 Å². The van der Waals surface area contributed by atoms with Crippen LogP contribution in [0.4, 0.5) is 0 Å². The lowest BCUT2D eigenvalue weighted by Crippen LogP contribution is -2.45. The van der Waals surface area contributed by atoms with E-state index in [4.69, 9.17) is 4.74 Å². The molecule has 0 aromatic rings. The summed E-state index contributed by atoms with van der Waals surface area (Å²) in [6.07, 6.45) is 52.6. The molecule has 2 unspecified atom stereocenters. The predicted molar refractivity (Wildman–Crippen MR) is 232 cm³/mol. The van der Waals surface area contributed by atoms with Gasteiger partial charge in [-0.1, -0.05) is 178 Å². The van der Waals surface area contributed by atoms with Gasteiger partial charge in [0.1, 0.15) is 0 Å². The summed E-state index contributed by atoms with van der Waals surface area (Å²) in [7, 11) is 0. The molecule has 1 amide bonds. The van der Waals surface area contributed by atoms with Crippen LogP contribution in [0.25, 0.3) is 0 Å². The molecule has 0 spiro atoms. The van der Waals surface area contributed by atoms with E-state index in [9.17, 15) is 19.8 Å². The minimum absolute atomic E-state index is 0.0282. The second kappa shape index (κ2) is 43.5. The smallest absolute Gasteiger partial charge is 0.305 e. The number of allylic oxidation sites excluding steroid dienone is 7. The van der Waals surface area contributed by atoms with E-state index >= 15 is 0 Å². The molecule has 314 valence electrons. The van der Waals surface area contributed by atoms with Crippen molar-refractivity contribution >= 4 is 11.9 Å². The number of amides is 1. The van der Waals surface area contributed by atoms with Gasteiger partial charge < -0.3 is 20.3 Å². The maximum Gasteiger partial charge on any atom is 0.305 e. The topological polar surface area (TPSA) is 95.9 Å². The van der Waals surface area contributed by atoms with Crippen LogP contribution in [0.5, 0.6) is 0 Å². The summed E-state index contributed by atoms with van der Waals surface area (Å²) in [4.78, 5) is 24.3. The number of hydrogen-bond donors (Lipinski definition) is 3. The molecule has 54 heavy (non-hydrogen) atoms. The van der Waals surface area contributed by atoms with Crippen LogP contribution in [0.15, 0.2) is 48.6 Å². The fourth-order valence-corrected chi connectivity index (χ4v) is 6.50. The minimum atomic E-state index is -0.877.